The Labute approximate surface area is 167 Å². The molecule has 3 aromatic rings. The van der Waals surface area contributed by atoms with E-state index in [1.54, 1.807) is 6.26 Å². The van der Waals surface area contributed by atoms with Crippen LogP contribution < -0.4 is 5.32 Å². The SMILES string of the molecule is Cc1ccc([C@H](CNC(=O)c2nc(-c3ccco3)sc2C)N2CCOCC2)o1. The van der Waals surface area contributed by atoms with Crippen molar-refractivity contribution in [2.75, 3.05) is 32.8 Å². The van der Waals surface area contributed by atoms with Gasteiger partial charge in [0.05, 0.1) is 25.5 Å². The maximum atomic E-state index is 12.8. The lowest BCUT2D eigenvalue weighted by molar-refractivity contribution is 0.0117. The maximum Gasteiger partial charge on any atom is 0.271 e. The van der Waals surface area contributed by atoms with Gasteiger partial charge in [-0.05, 0) is 38.1 Å². The average molecular weight is 401 g/mol. The van der Waals surface area contributed by atoms with Gasteiger partial charge in [0, 0.05) is 24.5 Å². The second kappa shape index (κ2) is 8.30. The van der Waals surface area contributed by atoms with Crippen molar-refractivity contribution in [3.8, 4) is 10.8 Å². The summed E-state index contributed by atoms with van der Waals surface area (Å²) in [6.45, 7) is 7.24. The second-order valence-electron chi connectivity index (χ2n) is 6.72. The molecule has 0 aliphatic carbocycles. The Bertz CT molecular complexity index is 925. The fourth-order valence-corrected chi connectivity index (χ4v) is 4.20. The van der Waals surface area contributed by atoms with E-state index in [9.17, 15) is 4.79 Å². The minimum atomic E-state index is -0.187. The molecular formula is C20H23N3O4S. The van der Waals surface area contributed by atoms with Crippen LogP contribution in [0, 0.1) is 13.8 Å². The standard InChI is InChI=1S/C20H23N3O4S/c1-13-5-6-16(27-13)15(23-7-10-25-11-8-23)12-21-19(24)18-14(2)28-20(22-18)17-4-3-9-26-17/h3-6,9,15H,7-8,10-12H2,1-2H3,(H,21,24)/t15-/m0/s1. The quantitative estimate of drug-likeness (QED) is 0.682. The Morgan fingerprint density at radius 3 is 2.79 bits per heavy atom. The van der Waals surface area contributed by atoms with Crippen molar-refractivity contribution in [1.29, 1.82) is 0 Å². The van der Waals surface area contributed by atoms with E-state index in [0.717, 1.165) is 29.5 Å². The monoisotopic (exact) mass is 401 g/mol. The number of hydrogen-bond acceptors (Lipinski definition) is 7. The predicted molar refractivity (Wildman–Crippen MR) is 105 cm³/mol. The Kier molecular flexibility index (Phi) is 5.61. The number of hydrogen-bond donors (Lipinski definition) is 1. The summed E-state index contributed by atoms with van der Waals surface area (Å²) in [7, 11) is 0. The number of carbonyl (C=O) groups is 1. The van der Waals surface area contributed by atoms with Gasteiger partial charge in [-0.15, -0.1) is 11.3 Å². The van der Waals surface area contributed by atoms with Crippen molar-refractivity contribution in [2.45, 2.75) is 19.9 Å². The molecule has 0 aromatic carbocycles. The van der Waals surface area contributed by atoms with Gasteiger partial charge >= 0.3 is 0 Å². The third-order valence-electron chi connectivity index (χ3n) is 4.78. The number of furan rings is 2. The molecule has 1 amide bonds. The summed E-state index contributed by atoms with van der Waals surface area (Å²) in [6.07, 6.45) is 1.60. The minimum absolute atomic E-state index is 0.0370. The molecule has 7 nitrogen and oxygen atoms in total. The highest BCUT2D eigenvalue weighted by atomic mass is 32.1. The van der Waals surface area contributed by atoms with E-state index in [1.165, 1.54) is 11.3 Å². The minimum Gasteiger partial charge on any atom is -0.465 e. The molecule has 0 saturated carbocycles. The van der Waals surface area contributed by atoms with Gasteiger partial charge in [-0.25, -0.2) is 4.98 Å². The van der Waals surface area contributed by atoms with E-state index < -0.39 is 0 Å². The highest BCUT2D eigenvalue weighted by Gasteiger charge is 2.26. The van der Waals surface area contributed by atoms with Crippen molar-refractivity contribution in [3.63, 3.8) is 0 Å². The zero-order valence-electron chi connectivity index (χ0n) is 15.9. The van der Waals surface area contributed by atoms with Gasteiger partial charge < -0.3 is 18.9 Å². The first kappa shape index (κ1) is 18.9. The molecule has 1 aliphatic heterocycles. The van der Waals surface area contributed by atoms with E-state index in [-0.39, 0.29) is 11.9 Å². The number of thiazole rings is 1. The molecule has 0 spiro atoms. The normalized spacial score (nSPS) is 16.2. The summed E-state index contributed by atoms with van der Waals surface area (Å²) in [4.78, 5) is 20.4. The summed E-state index contributed by atoms with van der Waals surface area (Å²) in [5.41, 5.74) is 0.438. The molecule has 0 bridgehead atoms. The molecule has 1 aliphatic rings. The van der Waals surface area contributed by atoms with E-state index in [4.69, 9.17) is 13.6 Å². The largest absolute Gasteiger partial charge is 0.465 e. The molecule has 1 fully saturated rings. The van der Waals surface area contributed by atoms with E-state index in [1.807, 2.05) is 38.1 Å². The van der Waals surface area contributed by atoms with E-state index in [0.29, 0.717) is 36.2 Å². The molecule has 0 unspecified atom stereocenters. The number of ether oxygens (including phenoxy) is 1. The molecule has 1 saturated heterocycles. The van der Waals surface area contributed by atoms with Crippen LogP contribution in [0.4, 0.5) is 0 Å². The fraction of sp³-hybridized carbons (Fsp3) is 0.400. The van der Waals surface area contributed by atoms with Crippen molar-refractivity contribution in [3.05, 3.63) is 52.6 Å². The summed E-state index contributed by atoms with van der Waals surface area (Å²) in [5, 5.41) is 3.74. The smallest absolute Gasteiger partial charge is 0.271 e. The van der Waals surface area contributed by atoms with Crippen LogP contribution in [0.2, 0.25) is 0 Å². The van der Waals surface area contributed by atoms with Crippen LogP contribution >= 0.6 is 11.3 Å². The number of carbonyl (C=O) groups excluding carboxylic acids is 1. The van der Waals surface area contributed by atoms with E-state index in [2.05, 4.69) is 15.2 Å². The first-order valence-electron chi connectivity index (χ1n) is 9.29. The predicted octanol–water partition coefficient (Wildman–Crippen LogP) is 3.42. The fourth-order valence-electron chi connectivity index (χ4n) is 3.32. The third-order valence-corrected chi connectivity index (χ3v) is 5.76. The van der Waals surface area contributed by atoms with Crippen LogP contribution in [-0.4, -0.2) is 48.6 Å². The number of nitrogens with one attached hydrogen (secondary N) is 1. The van der Waals surface area contributed by atoms with Gasteiger partial charge in [0.25, 0.3) is 5.91 Å². The summed E-state index contributed by atoms with van der Waals surface area (Å²) in [6, 6.07) is 7.54. The third kappa shape index (κ3) is 4.04. The second-order valence-corrected chi connectivity index (χ2v) is 7.93. The van der Waals surface area contributed by atoms with Crippen molar-refractivity contribution in [2.24, 2.45) is 0 Å². The van der Waals surface area contributed by atoms with Gasteiger partial charge in [0.2, 0.25) is 0 Å². The Hall–Kier alpha value is -2.42. The average Bonchev–Trinajstić information content (AvgIpc) is 3.44. The van der Waals surface area contributed by atoms with Crippen LogP contribution in [0.15, 0.2) is 39.4 Å². The molecular weight excluding hydrogens is 378 g/mol. The zero-order valence-corrected chi connectivity index (χ0v) is 16.8. The molecule has 0 radical (unpaired) electrons. The molecule has 8 heteroatoms. The van der Waals surface area contributed by atoms with Crippen molar-refractivity contribution < 1.29 is 18.4 Å². The number of rotatable bonds is 6. The lowest BCUT2D eigenvalue weighted by Gasteiger charge is -2.33. The van der Waals surface area contributed by atoms with Crippen LogP contribution in [-0.2, 0) is 4.74 Å². The van der Waals surface area contributed by atoms with Crippen molar-refractivity contribution in [1.82, 2.24) is 15.2 Å². The molecule has 4 heterocycles. The van der Waals surface area contributed by atoms with Crippen LogP contribution in [0.25, 0.3) is 10.8 Å². The zero-order chi connectivity index (χ0) is 19.5. The maximum absolute atomic E-state index is 12.8. The lowest BCUT2D eigenvalue weighted by atomic mass is 10.1. The Morgan fingerprint density at radius 1 is 1.29 bits per heavy atom. The van der Waals surface area contributed by atoms with Crippen LogP contribution in [0.1, 0.15) is 32.9 Å². The Morgan fingerprint density at radius 2 is 2.11 bits per heavy atom. The summed E-state index contributed by atoms with van der Waals surface area (Å²) >= 11 is 1.45. The highest BCUT2D eigenvalue weighted by molar-refractivity contribution is 7.15. The first-order chi connectivity index (χ1) is 13.6. The number of morpholine rings is 1. The van der Waals surface area contributed by atoms with Crippen LogP contribution in [0.3, 0.4) is 0 Å². The molecule has 4 rings (SSSR count). The van der Waals surface area contributed by atoms with E-state index >= 15 is 0 Å². The molecule has 1 atom stereocenters. The number of amides is 1. The van der Waals surface area contributed by atoms with Gasteiger partial charge in [-0.2, -0.15) is 0 Å². The Balaban J connectivity index is 1.48. The topological polar surface area (TPSA) is 80.7 Å². The molecule has 3 aromatic heterocycles. The van der Waals surface area contributed by atoms with Gasteiger partial charge in [-0.1, -0.05) is 0 Å². The van der Waals surface area contributed by atoms with Gasteiger partial charge in [0.1, 0.15) is 17.2 Å². The van der Waals surface area contributed by atoms with Gasteiger partial charge in [0.15, 0.2) is 10.8 Å². The summed E-state index contributed by atoms with van der Waals surface area (Å²) < 4.78 is 16.7. The lowest BCUT2D eigenvalue weighted by Crippen LogP contribution is -2.43. The van der Waals surface area contributed by atoms with Gasteiger partial charge in [-0.3, -0.25) is 9.69 Å². The molecule has 148 valence electrons. The molecule has 28 heavy (non-hydrogen) atoms. The van der Waals surface area contributed by atoms with Crippen LogP contribution in [0.5, 0.6) is 0 Å². The molecule has 1 N–H and O–H groups in total. The first-order valence-corrected chi connectivity index (χ1v) is 10.1. The summed E-state index contributed by atoms with van der Waals surface area (Å²) in [5.74, 6) is 2.20. The van der Waals surface area contributed by atoms with Crippen molar-refractivity contribution >= 4 is 17.2 Å². The highest BCUT2D eigenvalue weighted by Crippen LogP contribution is 2.28. The number of aryl methyl sites for hydroxylation is 2. The number of nitrogens with zero attached hydrogens (tertiary/aromatic N) is 2. The number of aromatic nitrogens is 1.